The van der Waals surface area contributed by atoms with Crippen LogP contribution in [0.2, 0.25) is 10.0 Å². The molecule has 2 aromatic heterocycles. The Kier molecular flexibility index (Phi) is 4.18. The molecule has 5 nitrogen and oxygen atoms in total. The molecule has 0 spiro atoms. The van der Waals surface area contributed by atoms with Crippen LogP contribution in [0, 0.1) is 0 Å². The van der Waals surface area contributed by atoms with Crippen LogP contribution >= 0.6 is 23.2 Å². The van der Waals surface area contributed by atoms with Gasteiger partial charge in [0, 0.05) is 11.1 Å². The molecule has 3 aromatic rings. The van der Waals surface area contributed by atoms with Crippen molar-refractivity contribution in [1.82, 2.24) is 10.5 Å². The van der Waals surface area contributed by atoms with Crippen LogP contribution in [0.25, 0.3) is 11.5 Å². The van der Waals surface area contributed by atoms with Crippen LogP contribution in [0.3, 0.4) is 0 Å². The zero-order valence-electron chi connectivity index (χ0n) is 11.2. The number of carbonyl (C=O) groups excluding carboxylic acids is 1. The smallest absolute Gasteiger partial charge is 0.253 e. The van der Waals surface area contributed by atoms with Gasteiger partial charge in [0.05, 0.1) is 23.4 Å². The number of halogens is 2. The van der Waals surface area contributed by atoms with E-state index in [9.17, 15) is 4.79 Å². The maximum absolute atomic E-state index is 12.1. The number of hydrogen-bond acceptors (Lipinski definition) is 4. The summed E-state index contributed by atoms with van der Waals surface area (Å²) in [5, 5.41) is 7.35. The third kappa shape index (κ3) is 3.16. The van der Waals surface area contributed by atoms with E-state index in [1.165, 1.54) is 6.07 Å². The highest BCUT2D eigenvalue weighted by molar-refractivity contribution is 6.35. The van der Waals surface area contributed by atoms with E-state index in [4.69, 9.17) is 32.1 Å². The maximum Gasteiger partial charge on any atom is 0.253 e. The average molecular weight is 337 g/mol. The maximum atomic E-state index is 12.1. The van der Waals surface area contributed by atoms with Gasteiger partial charge in [-0.25, -0.2) is 0 Å². The van der Waals surface area contributed by atoms with Crippen molar-refractivity contribution < 1.29 is 13.7 Å². The lowest BCUT2D eigenvalue weighted by Crippen LogP contribution is -2.23. The topological polar surface area (TPSA) is 68.3 Å². The number of aromatic nitrogens is 1. The highest BCUT2D eigenvalue weighted by Crippen LogP contribution is 2.22. The molecule has 0 saturated carbocycles. The lowest BCUT2D eigenvalue weighted by molar-refractivity contribution is 0.0950. The summed E-state index contributed by atoms with van der Waals surface area (Å²) in [5.74, 6) is 0.730. The van der Waals surface area contributed by atoms with Gasteiger partial charge in [0.1, 0.15) is 5.69 Å². The molecule has 7 heteroatoms. The minimum atomic E-state index is -0.338. The molecule has 22 heavy (non-hydrogen) atoms. The second kappa shape index (κ2) is 6.25. The highest BCUT2D eigenvalue weighted by Gasteiger charge is 2.13. The Bertz CT molecular complexity index is 797. The number of benzene rings is 1. The largest absolute Gasteiger partial charge is 0.461 e. The second-order valence-corrected chi connectivity index (χ2v) is 5.31. The van der Waals surface area contributed by atoms with Gasteiger partial charge in [0.15, 0.2) is 5.76 Å². The van der Waals surface area contributed by atoms with Crippen LogP contribution in [0.1, 0.15) is 16.1 Å². The molecule has 0 aliphatic rings. The molecule has 1 N–H and O–H groups in total. The fourth-order valence-corrected chi connectivity index (χ4v) is 2.24. The first-order valence-corrected chi connectivity index (χ1v) is 7.12. The standard InChI is InChI=1S/C15H10Cl2N2O3/c16-9-3-4-12(17)11(6-9)15(20)18-8-10-7-14(22-19-10)13-2-1-5-21-13/h1-7H,8H2,(H,18,20). The molecule has 0 unspecified atom stereocenters. The minimum absolute atomic E-state index is 0.200. The van der Waals surface area contributed by atoms with Gasteiger partial charge in [-0.3, -0.25) is 4.79 Å². The van der Waals surface area contributed by atoms with Gasteiger partial charge < -0.3 is 14.3 Å². The van der Waals surface area contributed by atoms with E-state index in [0.717, 1.165) is 0 Å². The molecule has 0 saturated heterocycles. The molecule has 0 bridgehead atoms. The van der Waals surface area contributed by atoms with Crippen LogP contribution in [0.5, 0.6) is 0 Å². The van der Waals surface area contributed by atoms with Gasteiger partial charge in [-0.1, -0.05) is 28.4 Å². The van der Waals surface area contributed by atoms with Crippen LogP contribution in [0.4, 0.5) is 0 Å². The molecule has 0 radical (unpaired) electrons. The molecule has 0 aliphatic carbocycles. The van der Waals surface area contributed by atoms with E-state index < -0.39 is 0 Å². The summed E-state index contributed by atoms with van der Waals surface area (Å²) < 4.78 is 10.4. The monoisotopic (exact) mass is 336 g/mol. The van der Waals surface area contributed by atoms with Gasteiger partial charge in [-0.15, -0.1) is 0 Å². The van der Waals surface area contributed by atoms with Crippen molar-refractivity contribution in [3.05, 3.63) is 64.0 Å². The molecule has 1 aromatic carbocycles. The van der Waals surface area contributed by atoms with Crippen LogP contribution in [-0.2, 0) is 6.54 Å². The van der Waals surface area contributed by atoms with Gasteiger partial charge >= 0.3 is 0 Å². The quantitative estimate of drug-likeness (QED) is 0.776. The first kappa shape index (κ1) is 14.7. The Morgan fingerprint density at radius 3 is 2.82 bits per heavy atom. The van der Waals surface area contributed by atoms with Crippen molar-refractivity contribution in [2.45, 2.75) is 6.54 Å². The van der Waals surface area contributed by atoms with Crippen molar-refractivity contribution in [2.24, 2.45) is 0 Å². The molecule has 0 atom stereocenters. The number of amides is 1. The van der Waals surface area contributed by atoms with Crippen molar-refractivity contribution in [2.75, 3.05) is 0 Å². The van der Waals surface area contributed by atoms with E-state index >= 15 is 0 Å². The highest BCUT2D eigenvalue weighted by atomic mass is 35.5. The van der Waals surface area contributed by atoms with Gasteiger partial charge in [0.25, 0.3) is 5.91 Å². The van der Waals surface area contributed by atoms with E-state index in [2.05, 4.69) is 10.5 Å². The Balaban J connectivity index is 1.67. The van der Waals surface area contributed by atoms with Crippen LogP contribution < -0.4 is 5.32 Å². The third-order valence-corrected chi connectivity index (χ3v) is 3.49. The van der Waals surface area contributed by atoms with Crippen LogP contribution in [-0.4, -0.2) is 11.1 Å². The summed E-state index contributed by atoms with van der Waals surface area (Å²) in [4.78, 5) is 12.1. The number of carbonyl (C=O) groups is 1. The van der Waals surface area contributed by atoms with E-state index in [1.807, 2.05) is 0 Å². The number of rotatable bonds is 4. The predicted molar refractivity (Wildman–Crippen MR) is 81.8 cm³/mol. The fourth-order valence-electron chi connectivity index (χ4n) is 1.87. The molecule has 0 fully saturated rings. The van der Waals surface area contributed by atoms with Gasteiger partial charge in [-0.05, 0) is 30.3 Å². The third-order valence-electron chi connectivity index (χ3n) is 2.93. The number of furan rings is 1. The van der Waals surface area contributed by atoms with Gasteiger partial charge in [0.2, 0.25) is 5.76 Å². The summed E-state index contributed by atoms with van der Waals surface area (Å²) >= 11 is 11.8. The molecule has 1 amide bonds. The lowest BCUT2D eigenvalue weighted by atomic mass is 10.2. The Morgan fingerprint density at radius 2 is 2.05 bits per heavy atom. The van der Waals surface area contributed by atoms with Crippen molar-refractivity contribution >= 4 is 29.1 Å². The zero-order chi connectivity index (χ0) is 15.5. The fraction of sp³-hybridized carbons (Fsp3) is 0.0667. The summed E-state index contributed by atoms with van der Waals surface area (Å²) in [5.41, 5.74) is 0.877. The predicted octanol–water partition coefficient (Wildman–Crippen LogP) is 4.17. The van der Waals surface area contributed by atoms with Gasteiger partial charge in [-0.2, -0.15) is 0 Å². The van der Waals surface area contributed by atoms with E-state index in [0.29, 0.717) is 32.8 Å². The summed E-state index contributed by atoms with van der Waals surface area (Å²) in [7, 11) is 0. The molecule has 2 heterocycles. The molecular weight excluding hydrogens is 327 g/mol. The number of hydrogen-bond donors (Lipinski definition) is 1. The van der Waals surface area contributed by atoms with E-state index in [1.54, 1.807) is 36.6 Å². The van der Waals surface area contributed by atoms with Crippen molar-refractivity contribution in [3.8, 4) is 11.5 Å². The lowest BCUT2D eigenvalue weighted by Gasteiger charge is -2.05. The first-order chi connectivity index (χ1) is 10.6. The molecular formula is C15H10Cl2N2O3. The average Bonchev–Trinajstić information content (AvgIpc) is 3.17. The summed E-state index contributed by atoms with van der Waals surface area (Å²) in [6.07, 6.45) is 1.54. The van der Waals surface area contributed by atoms with Crippen LogP contribution in [0.15, 0.2) is 51.6 Å². The van der Waals surface area contributed by atoms with Crippen molar-refractivity contribution in [1.29, 1.82) is 0 Å². The molecule has 112 valence electrons. The first-order valence-electron chi connectivity index (χ1n) is 6.36. The van der Waals surface area contributed by atoms with E-state index in [-0.39, 0.29) is 12.5 Å². The minimum Gasteiger partial charge on any atom is -0.461 e. The summed E-state index contributed by atoms with van der Waals surface area (Å²) in [6.45, 7) is 0.200. The van der Waals surface area contributed by atoms with Crippen molar-refractivity contribution in [3.63, 3.8) is 0 Å². The second-order valence-electron chi connectivity index (χ2n) is 4.47. The molecule has 0 aliphatic heterocycles. The Morgan fingerprint density at radius 1 is 1.18 bits per heavy atom. The Labute approximate surface area is 135 Å². The summed E-state index contributed by atoms with van der Waals surface area (Å²) in [6, 6.07) is 9.90. The normalized spacial score (nSPS) is 10.6. The Hall–Kier alpha value is -2.24. The SMILES string of the molecule is O=C(NCc1cc(-c2ccco2)on1)c1cc(Cl)ccc1Cl. The number of nitrogens with zero attached hydrogens (tertiary/aromatic N) is 1. The molecule has 3 rings (SSSR count). The zero-order valence-corrected chi connectivity index (χ0v) is 12.7. The number of nitrogens with one attached hydrogen (secondary N) is 1.